The summed E-state index contributed by atoms with van der Waals surface area (Å²) in [5, 5.41) is 6.64. The fraction of sp³-hybridized carbons (Fsp3) is 0.206. The number of hydrogen-bond acceptors (Lipinski definition) is 5. The number of fused-ring (bicyclic) bond motifs is 1. The van der Waals surface area contributed by atoms with Crippen LogP contribution < -0.4 is 10.6 Å². The van der Waals surface area contributed by atoms with Crippen LogP contribution in [-0.4, -0.2) is 27.0 Å². The highest BCUT2D eigenvalue weighted by Gasteiger charge is 2.21. The number of H-pyrrole nitrogens is 1. The highest BCUT2D eigenvalue weighted by Crippen LogP contribution is 2.32. The highest BCUT2D eigenvalue weighted by molar-refractivity contribution is 5.89. The Morgan fingerprint density at radius 2 is 1.98 bits per heavy atom. The third kappa shape index (κ3) is 6.44. The first-order chi connectivity index (χ1) is 20.0. The molecule has 6 nitrogen and oxygen atoms in total. The van der Waals surface area contributed by atoms with Crippen molar-refractivity contribution < 1.29 is 4.39 Å². The van der Waals surface area contributed by atoms with Crippen LogP contribution in [0.1, 0.15) is 43.1 Å². The third-order valence-corrected chi connectivity index (χ3v) is 7.22. The summed E-state index contributed by atoms with van der Waals surface area (Å²) in [4.78, 5) is 17.3. The molecule has 7 heteroatoms. The molecule has 4 aromatic rings. The van der Waals surface area contributed by atoms with Gasteiger partial charge in [-0.25, -0.2) is 14.4 Å². The van der Waals surface area contributed by atoms with E-state index < -0.39 is 0 Å². The molecule has 0 aliphatic heterocycles. The molecule has 1 saturated carbocycles. The molecule has 3 aromatic heterocycles. The van der Waals surface area contributed by atoms with E-state index in [-0.39, 0.29) is 5.82 Å². The number of nitrogens with zero attached hydrogens (tertiary/aromatic N) is 3. The maximum Gasteiger partial charge on any atom is 0.132 e. The van der Waals surface area contributed by atoms with E-state index >= 15 is 0 Å². The minimum absolute atomic E-state index is 0.326. The normalized spacial score (nSPS) is 13.6. The van der Waals surface area contributed by atoms with E-state index in [1.54, 1.807) is 24.4 Å². The van der Waals surface area contributed by atoms with Gasteiger partial charge in [-0.3, -0.25) is 4.98 Å². The predicted octanol–water partition coefficient (Wildman–Crippen LogP) is 7.42. The first-order valence-electron chi connectivity index (χ1n) is 13.6. The Morgan fingerprint density at radius 1 is 1.20 bits per heavy atom. The maximum absolute atomic E-state index is 14.5. The van der Waals surface area contributed by atoms with Gasteiger partial charge in [-0.2, -0.15) is 0 Å². The van der Waals surface area contributed by atoms with Gasteiger partial charge in [0.05, 0.1) is 5.52 Å². The van der Waals surface area contributed by atoms with Crippen molar-refractivity contribution in [2.45, 2.75) is 32.6 Å². The number of nitrogens with one attached hydrogen (secondary N) is 3. The summed E-state index contributed by atoms with van der Waals surface area (Å²) in [5.41, 5.74) is 7.31. The number of halogens is 1. The summed E-state index contributed by atoms with van der Waals surface area (Å²) in [7, 11) is 1.85. The number of rotatable bonds is 10. The number of anilines is 1. The maximum atomic E-state index is 14.5. The van der Waals surface area contributed by atoms with E-state index in [0.717, 1.165) is 45.3 Å². The Bertz CT molecular complexity index is 1640. The van der Waals surface area contributed by atoms with E-state index in [2.05, 4.69) is 69.8 Å². The molecule has 0 bridgehead atoms. The van der Waals surface area contributed by atoms with Gasteiger partial charge in [0.15, 0.2) is 0 Å². The standard InChI is InChI=1S/C32H33FN6.C2H2/c1-5-21(17-25(6-2)37-20(3)22-10-9-11-22)24-16-23(32(34-4)36-19-24)18-29-38-28-14-15-35-30(31(28)39-29)26-12-7-8-13-27(26)33;1-2/h5-8,12-17,19,22,37H,2-3,9-11,18H2,1,4H3,(H,34,36)(H,38,39);1-2H/b21-5+,25-17+;. The minimum Gasteiger partial charge on any atom is -0.373 e. The topological polar surface area (TPSA) is 78.5 Å². The molecule has 3 N–H and O–H groups in total. The quantitative estimate of drug-likeness (QED) is 0.143. The fourth-order valence-electron chi connectivity index (χ4n) is 4.82. The Labute approximate surface area is 241 Å². The Kier molecular flexibility index (Phi) is 9.49. The second kappa shape index (κ2) is 13.4. The average molecular weight is 547 g/mol. The number of hydrogen-bond donors (Lipinski definition) is 3. The van der Waals surface area contributed by atoms with Gasteiger partial charge in [0.1, 0.15) is 28.7 Å². The SMILES string of the molecule is C#C.C=C/C(=C\C(=C/C)c1cnc(NC)c(Cc2nc3c(-c4ccccc4F)nccc3[nH]2)c1)NC(=C)C1CCC1. The van der Waals surface area contributed by atoms with Crippen molar-refractivity contribution in [3.05, 3.63) is 114 Å². The van der Waals surface area contributed by atoms with Crippen LogP contribution in [0.3, 0.4) is 0 Å². The molecule has 1 aliphatic rings. The third-order valence-electron chi connectivity index (χ3n) is 7.22. The number of allylic oxidation sites excluding steroid dienone is 5. The minimum atomic E-state index is -0.326. The predicted molar refractivity (Wildman–Crippen MR) is 167 cm³/mol. The van der Waals surface area contributed by atoms with Gasteiger partial charge in [0.2, 0.25) is 0 Å². The first-order valence-corrected chi connectivity index (χ1v) is 13.6. The molecular weight excluding hydrogens is 511 g/mol. The van der Waals surface area contributed by atoms with E-state index in [4.69, 9.17) is 4.98 Å². The van der Waals surface area contributed by atoms with Crippen molar-refractivity contribution in [1.82, 2.24) is 25.3 Å². The lowest BCUT2D eigenvalue weighted by atomic mass is 9.83. The van der Waals surface area contributed by atoms with Gasteiger partial charge in [0, 0.05) is 53.9 Å². The number of aromatic amines is 1. The van der Waals surface area contributed by atoms with Crippen molar-refractivity contribution >= 4 is 22.4 Å². The van der Waals surface area contributed by atoms with Crippen LogP contribution in [0.15, 0.2) is 91.6 Å². The molecule has 5 rings (SSSR count). The van der Waals surface area contributed by atoms with E-state index in [1.807, 2.05) is 32.3 Å². The van der Waals surface area contributed by atoms with E-state index in [1.165, 1.54) is 25.3 Å². The second-order valence-electron chi connectivity index (χ2n) is 9.70. The number of pyridine rings is 2. The molecule has 0 saturated heterocycles. The molecule has 1 fully saturated rings. The average Bonchev–Trinajstić information content (AvgIpc) is 3.38. The van der Waals surface area contributed by atoms with Gasteiger partial charge in [-0.15, -0.1) is 12.8 Å². The van der Waals surface area contributed by atoms with Crippen LogP contribution in [0, 0.1) is 24.6 Å². The monoisotopic (exact) mass is 546 g/mol. The van der Waals surface area contributed by atoms with Gasteiger partial charge in [-0.1, -0.05) is 37.8 Å². The molecule has 0 unspecified atom stereocenters. The zero-order valence-electron chi connectivity index (χ0n) is 23.5. The van der Waals surface area contributed by atoms with Crippen molar-refractivity contribution in [2.75, 3.05) is 12.4 Å². The van der Waals surface area contributed by atoms with Crippen LogP contribution in [-0.2, 0) is 6.42 Å². The van der Waals surface area contributed by atoms with Crippen molar-refractivity contribution in [2.24, 2.45) is 5.92 Å². The summed E-state index contributed by atoms with van der Waals surface area (Å²) in [5.74, 6) is 1.72. The van der Waals surface area contributed by atoms with E-state index in [9.17, 15) is 4.39 Å². The van der Waals surface area contributed by atoms with Gasteiger partial charge >= 0.3 is 0 Å². The van der Waals surface area contributed by atoms with Gasteiger partial charge in [0.25, 0.3) is 0 Å². The zero-order chi connectivity index (χ0) is 29.4. The number of imidazole rings is 1. The summed E-state index contributed by atoms with van der Waals surface area (Å²) >= 11 is 0. The number of benzene rings is 1. The van der Waals surface area contributed by atoms with Crippen LogP contribution in [0.4, 0.5) is 10.2 Å². The number of aromatic nitrogens is 4. The van der Waals surface area contributed by atoms with E-state index in [0.29, 0.717) is 29.1 Å². The Hall–Kier alpha value is -4.96. The van der Waals surface area contributed by atoms with Crippen molar-refractivity contribution in [3.63, 3.8) is 0 Å². The molecule has 1 aliphatic carbocycles. The molecule has 0 radical (unpaired) electrons. The van der Waals surface area contributed by atoms with Crippen LogP contribution >= 0.6 is 0 Å². The van der Waals surface area contributed by atoms with Gasteiger partial charge < -0.3 is 15.6 Å². The molecule has 3 heterocycles. The molecule has 0 atom stereocenters. The van der Waals surface area contributed by atoms with Crippen LogP contribution in [0.25, 0.3) is 27.9 Å². The van der Waals surface area contributed by atoms with Crippen LogP contribution in [0.2, 0.25) is 0 Å². The molecule has 0 spiro atoms. The molecule has 208 valence electrons. The molecule has 0 amide bonds. The zero-order valence-corrected chi connectivity index (χ0v) is 23.5. The van der Waals surface area contributed by atoms with Crippen LogP contribution in [0.5, 0.6) is 0 Å². The summed E-state index contributed by atoms with van der Waals surface area (Å²) in [6.07, 6.45) is 21.6. The molecule has 41 heavy (non-hydrogen) atoms. The summed E-state index contributed by atoms with van der Waals surface area (Å²) in [6.45, 7) is 10.2. The molecular formula is C34H35FN6. The lowest BCUT2D eigenvalue weighted by molar-refractivity contribution is 0.356. The molecule has 1 aromatic carbocycles. The Morgan fingerprint density at radius 3 is 2.63 bits per heavy atom. The van der Waals surface area contributed by atoms with Crippen molar-refractivity contribution in [1.29, 1.82) is 0 Å². The second-order valence-corrected chi connectivity index (χ2v) is 9.70. The van der Waals surface area contributed by atoms with Gasteiger partial charge in [-0.05, 0) is 67.7 Å². The number of terminal acetylenes is 1. The first kappa shape index (κ1) is 29.0. The lowest BCUT2D eigenvalue weighted by Crippen LogP contribution is -2.23. The smallest absolute Gasteiger partial charge is 0.132 e. The lowest BCUT2D eigenvalue weighted by Gasteiger charge is -2.28. The summed E-state index contributed by atoms with van der Waals surface area (Å²) in [6, 6.07) is 10.6. The summed E-state index contributed by atoms with van der Waals surface area (Å²) < 4.78 is 14.5. The highest BCUT2D eigenvalue weighted by atomic mass is 19.1. The largest absolute Gasteiger partial charge is 0.373 e. The van der Waals surface area contributed by atoms with Crippen molar-refractivity contribution in [3.8, 4) is 24.1 Å². The Balaban J connectivity index is 0.00000189. The fourth-order valence-corrected chi connectivity index (χ4v) is 4.82.